The van der Waals surface area contributed by atoms with E-state index >= 15 is 0 Å². The zero-order chi connectivity index (χ0) is 16.3. The second-order valence-electron chi connectivity index (χ2n) is 7.34. The third kappa shape index (κ3) is 4.12. The summed E-state index contributed by atoms with van der Waals surface area (Å²) in [6.07, 6.45) is 3.24. The van der Waals surface area contributed by atoms with Crippen molar-refractivity contribution in [3.63, 3.8) is 0 Å². The van der Waals surface area contributed by atoms with Crippen LogP contribution in [-0.4, -0.2) is 53.3 Å². The van der Waals surface area contributed by atoms with Gasteiger partial charge in [0.1, 0.15) is 5.60 Å². The van der Waals surface area contributed by atoms with E-state index in [0.717, 1.165) is 25.8 Å². The summed E-state index contributed by atoms with van der Waals surface area (Å²) in [6, 6.07) is -0.0926. The van der Waals surface area contributed by atoms with E-state index in [1.54, 1.807) is 4.90 Å². The quantitative estimate of drug-likeness (QED) is 0.816. The summed E-state index contributed by atoms with van der Waals surface area (Å²) >= 11 is 0. The molecular formula is C16H28N2O4. The van der Waals surface area contributed by atoms with Gasteiger partial charge in [-0.3, -0.25) is 4.79 Å². The minimum absolute atomic E-state index is 0.00608. The standard InChI is InChI=1S/C16H28N2O4/c1-16(2,3)22-15(21)18-9-8-17-10-13(18)11-6-4-5-7-12(11)14(19)20/h11-13,17H,4-10H2,1-3H3,(H,19,20). The molecule has 2 aliphatic rings. The second kappa shape index (κ2) is 6.86. The van der Waals surface area contributed by atoms with Crippen molar-refractivity contribution in [2.45, 2.75) is 58.1 Å². The lowest BCUT2D eigenvalue weighted by molar-refractivity contribution is -0.146. The fraction of sp³-hybridized carbons (Fsp3) is 0.875. The molecule has 1 saturated carbocycles. The smallest absolute Gasteiger partial charge is 0.410 e. The number of ether oxygens (including phenoxy) is 1. The van der Waals surface area contributed by atoms with Gasteiger partial charge in [0.15, 0.2) is 0 Å². The van der Waals surface area contributed by atoms with Crippen molar-refractivity contribution >= 4 is 12.1 Å². The van der Waals surface area contributed by atoms with Crippen molar-refractivity contribution in [3.8, 4) is 0 Å². The lowest BCUT2D eigenvalue weighted by atomic mass is 9.74. The van der Waals surface area contributed by atoms with Crippen LogP contribution in [0.15, 0.2) is 0 Å². The van der Waals surface area contributed by atoms with E-state index in [0.29, 0.717) is 19.5 Å². The number of amides is 1. The summed E-state index contributed by atoms with van der Waals surface area (Å²) in [7, 11) is 0. The van der Waals surface area contributed by atoms with Gasteiger partial charge >= 0.3 is 12.1 Å². The van der Waals surface area contributed by atoms with Gasteiger partial charge in [-0.1, -0.05) is 12.8 Å². The number of hydrogen-bond acceptors (Lipinski definition) is 4. The Bertz CT molecular complexity index is 419. The summed E-state index contributed by atoms with van der Waals surface area (Å²) in [5.41, 5.74) is -0.536. The summed E-state index contributed by atoms with van der Waals surface area (Å²) in [5, 5.41) is 12.8. The van der Waals surface area contributed by atoms with Crippen LogP contribution in [0.3, 0.4) is 0 Å². The molecule has 22 heavy (non-hydrogen) atoms. The van der Waals surface area contributed by atoms with Crippen molar-refractivity contribution in [2.24, 2.45) is 11.8 Å². The number of rotatable bonds is 2. The van der Waals surface area contributed by atoms with Crippen LogP contribution in [0.25, 0.3) is 0 Å². The van der Waals surface area contributed by atoms with Crippen LogP contribution in [0.1, 0.15) is 46.5 Å². The van der Waals surface area contributed by atoms with Gasteiger partial charge in [-0.25, -0.2) is 4.79 Å². The van der Waals surface area contributed by atoms with Crippen LogP contribution in [0, 0.1) is 11.8 Å². The van der Waals surface area contributed by atoms with E-state index in [1.165, 1.54) is 0 Å². The van der Waals surface area contributed by atoms with Crippen molar-refractivity contribution in [1.82, 2.24) is 10.2 Å². The third-order valence-corrected chi connectivity index (χ3v) is 4.54. The van der Waals surface area contributed by atoms with Crippen LogP contribution in [0.5, 0.6) is 0 Å². The van der Waals surface area contributed by atoms with Gasteiger partial charge in [-0.05, 0) is 39.5 Å². The number of carbonyl (C=O) groups excluding carboxylic acids is 1. The Balaban J connectivity index is 2.14. The molecule has 1 amide bonds. The monoisotopic (exact) mass is 312 g/mol. The molecule has 1 aliphatic heterocycles. The molecule has 0 aromatic rings. The molecule has 6 nitrogen and oxygen atoms in total. The highest BCUT2D eigenvalue weighted by Gasteiger charge is 2.42. The predicted molar refractivity (Wildman–Crippen MR) is 82.7 cm³/mol. The molecule has 126 valence electrons. The number of nitrogens with one attached hydrogen (secondary N) is 1. The summed E-state index contributed by atoms with van der Waals surface area (Å²) in [4.78, 5) is 25.8. The molecule has 0 aromatic carbocycles. The molecule has 1 saturated heterocycles. The van der Waals surface area contributed by atoms with E-state index < -0.39 is 11.6 Å². The van der Waals surface area contributed by atoms with Crippen LogP contribution in [-0.2, 0) is 9.53 Å². The molecule has 1 aliphatic carbocycles. The topological polar surface area (TPSA) is 78.9 Å². The van der Waals surface area contributed by atoms with Crippen molar-refractivity contribution in [2.75, 3.05) is 19.6 Å². The van der Waals surface area contributed by atoms with E-state index in [9.17, 15) is 14.7 Å². The third-order valence-electron chi connectivity index (χ3n) is 4.54. The van der Waals surface area contributed by atoms with E-state index in [4.69, 9.17) is 4.74 Å². The Kier molecular flexibility index (Phi) is 5.32. The SMILES string of the molecule is CC(C)(C)OC(=O)N1CCNCC1C1CCCCC1C(=O)O. The van der Waals surface area contributed by atoms with Gasteiger partial charge in [-0.2, -0.15) is 0 Å². The fourth-order valence-corrected chi connectivity index (χ4v) is 3.58. The zero-order valence-corrected chi connectivity index (χ0v) is 13.8. The van der Waals surface area contributed by atoms with Crippen molar-refractivity contribution in [1.29, 1.82) is 0 Å². The predicted octanol–water partition coefficient (Wildman–Crippen LogP) is 2.09. The van der Waals surface area contributed by atoms with Crippen molar-refractivity contribution < 1.29 is 19.4 Å². The lowest BCUT2D eigenvalue weighted by Crippen LogP contribution is -2.59. The van der Waals surface area contributed by atoms with Crippen LogP contribution in [0.2, 0.25) is 0 Å². The Morgan fingerprint density at radius 1 is 1.23 bits per heavy atom. The molecule has 0 aromatic heterocycles. The molecule has 2 rings (SSSR count). The zero-order valence-electron chi connectivity index (χ0n) is 13.8. The first-order valence-electron chi connectivity index (χ1n) is 8.23. The average molecular weight is 312 g/mol. The van der Waals surface area contributed by atoms with Gasteiger partial charge < -0.3 is 20.1 Å². The largest absolute Gasteiger partial charge is 0.481 e. The normalized spacial score (nSPS) is 30.0. The van der Waals surface area contributed by atoms with E-state index in [2.05, 4.69) is 5.32 Å². The number of carbonyl (C=O) groups is 2. The molecule has 0 bridgehead atoms. The van der Waals surface area contributed by atoms with E-state index in [1.807, 2.05) is 20.8 Å². The highest BCUT2D eigenvalue weighted by atomic mass is 16.6. The maximum atomic E-state index is 12.5. The molecule has 2 fully saturated rings. The van der Waals surface area contributed by atoms with Crippen molar-refractivity contribution in [3.05, 3.63) is 0 Å². The van der Waals surface area contributed by atoms with Gasteiger partial charge in [0.25, 0.3) is 0 Å². The molecule has 6 heteroatoms. The van der Waals surface area contributed by atoms with Gasteiger partial charge in [-0.15, -0.1) is 0 Å². The highest BCUT2D eigenvalue weighted by Crippen LogP contribution is 2.35. The maximum Gasteiger partial charge on any atom is 0.410 e. The summed E-state index contributed by atoms with van der Waals surface area (Å²) < 4.78 is 5.51. The van der Waals surface area contributed by atoms with Crippen LogP contribution in [0.4, 0.5) is 4.79 Å². The van der Waals surface area contributed by atoms with Gasteiger partial charge in [0.2, 0.25) is 0 Å². The first-order valence-corrected chi connectivity index (χ1v) is 8.23. The first-order chi connectivity index (χ1) is 10.3. The summed E-state index contributed by atoms with van der Waals surface area (Å²) in [5.74, 6) is -1.09. The number of aliphatic carboxylic acids is 1. The Hall–Kier alpha value is -1.30. The molecule has 2 N–H and O–H groups in total. The average Bonchev–Trinajstić information content (AvgIpc) is 2.45. The molecule has 0 radical (unpaired) electrons. The van der Waals surface area contributed by atoms with Crippen LogP contribution >= 0.6 is 0 Å². The molecule has 0 spiro atoms. The van der Waals surface area contributed by atoms with Crippen LogP contribution < -0.4 is 5.32 Å². The first kappa shape index (κ1) is 17.1. The Morgan fingerprint density at radius 3 is 2.55 bits per heavy atom. The lowest BCUT2D eigenvalue weighted by Gasteiger charge is -2.44. The number of piperazine rings is 1. The second-order valence-corrected chi connectivity index (χ2v) is 7.34. The van der Waals surface area contributed by atoms with E-state index in [-0.39, 0.29) is 24.0 Å². The number of carboxylic acids is 1. The Labute approximate surface area is 132 Å². The Morgan fingerprint density at radius 2 is 1.91 bits per heavy atom. The number of nitrogens with zero attached hydrogens (tertiary/aromatic N) is 1. The fourth-order valence-electron chi connectivity index (χ4n) is 3.58. The molecule has 1 heterocycles. The summed E-state index contributed by atoms with van der Waals surface area (Å²) in [6.45, 7) is 7.49. The van der Waals surface area contributed by atoms with Gasteiger partial charge in [0, 0.05) is 19.6 Å². The number of carboxylic acid groups (broad SMARTS) is 1. The minimum atomic E-state index is -0.737. The minimum Gasteiger partial charge on any atom is -0.481 e. The maximum absolute atomic E-state index is 12.5. The molecule has 3 atom stereocenters. The molecular weight excluding hydrogens is 284 g/mol. The molecule has 3 unspecified atom stereocenters. The highest BCUT2D eigenvalue weighted by molar-refractivity contribution is 5.72. The van der Waals surface area contributed by atoms with Gasteiger partial charge in [0.05, 0.1) is 12.0 Å². The number of hydrogen-bond donors (Lipinski definition) is 2.